The summed E-state index contributed by atoms with van der Waals surface area (Å²) in [6.45, 7) is 9.78. The fourth-order valence-corrected chi connectivity index (χ4v) is 1.35. The van der Waals surface area contributed by atoms with Crippen LogP contribution in [-0.2, 0) is 0 Å². The largest absolute Gasteiger partial charge is 0.370 e. The number of rotatable bonds is 5. The minimum absolute atomic E-state index is 0.423. The molecule has 0 saturated carbocycles. The highest BCUT2D eigenvalue weighted by Gasteiger charge is 2.04. The lowest BCUT2D eigenvalue weighted by Gasteiger charge is -2.13. The zero-order valence-corrected chi connectivity index (χ0v) is 9.62. The van der Waals surface area contributed by atoms with Crippen LogP contribution < -0.4 is 5.32 Å². The third-order valence-electron chi connectivity index (χ3n) is 2.19. The summed E-state index contributed by atoms with van der Waals surface area (Å²) < 4.78 is 2.01. The van der Waals surface area contributed by atoms with E-state index in [9.17, 15) is 0 Å². The normalized spacial score (nSPS) is 11.3. The first-order valence-electron chi connectivity index (χ1n) is 5.38. The first kappa shape index (κ1) is 11.1. The molecule has 1 rings (SSSR count). The van der Waals surface area contributed by atoms with E-state index in [0.29, 0.717) is 6.04 Å². The lowest BCUT2D eigenvalue weighted by molar-refractivity contribution is 0.534. The lowest BCUT2D eigenvalue weighted by atomic mass is 10.1. The maximum atomic E-state index is 4.27. The highest BCUT2D eigenvalue weighted by Crippen LogP contribution is 2.13. The molecule has 3 heteroatoms. The molecule has 0 unspecified atom stereocenters. The van der Waals surface area contributed by atoms with Crippen LogP contribution in [0.4, 0.5) is 5.82 Å². The van der Waals surface area contributed by atoms with Gasteiger partial charge in [-0.2, -0.15) is 5.10 Å². The molecule has 1 aromatic rings. The summed E-state index contributed by atoms with van der Waals surface area (Å²) in [6, 6.07) is 2.45. The predicted molar refractivity (Wildman–Crippen MR) is 60.6 cm³/mol. The molecule has 0 aromatic carbocycles. The monoisotopic (exact) mass is 195 g/mol. The number of hydrogen-bond acceptors (Lipinski definition) is 2. The predicted octanol–water partition coefficient (Wildman–Crippen LogP) is 2.92. The van der Waals surface area contributed by atoms with Gasteiger partial charge in [0.2, 0.25) is 0 Å². The minimum Gasteiger partial charge on any atom is -0.370 e. The Morgan fingerprint density at radius 3 is 2.64 bits per heavy atom. The van der Waals surface area contributed by atoms with E-state index >= 15 is 0 Å². The molecule has 0 bridgehead atoms. The van der Waals surface area contributed by atoms with Gasteiger partial charge >= 0.3 is 0 Å². The highest BCUT2D eigenvalue weighted by molar-refractivity contribution is 5.34. The summed E-state index contributed by atoms with van der Waals surface area (Å²) in [5, 5.41) is 7.67. The standard InChI is InChI=1S/C11H21N3/c1-9(2)5-7-12-11-6-8-13-14(11)10(3)4/h6,8-10,12H,5,7H2,1-4H3. The number of aromatic nitrogens is 2. The molecule has 1 heterocycles. The van der Waals surface area contributed by atoms with Crippen molar-refractivity contribution in [1.29, 1.82) is 0 Å². The van der Waals surface area contributed by atoms with E-state index in [0.717, 1.165) is 18.3 Å². The maximum Gasteiger partial charge on any atom is 0.124 e. The van der Waals surface area contributed by atoms with Gasteiger partial charge in [-0.3, -0.25) is 0 Å². The summed E-state index contributed by atoms with van der Waals surface area (Å²) in [4.78, 5) is 0. The van der Waals surface area contributed by atoms with Crippen LogP contribution in [0.5, 0.6) is 0 Å². The Balaban J connectivity index is 2.46. The molecule has 0 aliphatic rings. The van der Waals surface area contributed by atoms with E-state index < -0.39 is 0 Å². The van der Waals surface area contributed by atoms with Gasteiger partial charge in [0, 0.05) is 18.7 Å². The minimum atomic E-state index is 0.423. The summed E-state index contributed by atoms with van der Waals surface area (Å²) in [7, 11) is 0. The number of anilines is 1. The van der Waals surface area contributed by atoms with Crippen LogP contribution >= 0.6 is 0 Å². The SMILES string of the molecule is CC(C)CCNc1ccnn1C(C)C. The fraction of sp³-hybridized carbons (Fsp3) is 0.727. The fourth-order valence-electron chi connectivity index (χ4n) is 1.35. The Hall–Kier alpha value is -0.990. The molecule has 0 amide bonds. The van der Waals surface area contributed by atoms with Crippen molar-refractivity contribution < 1.29 is 0 Å². The molecule has 0 radical (unpaired) electrons. The Morgan fingerprint density at radius 1 is 1.36 bits per heavy atom. The van der Waals surface area contributed by atoms with Crippen LogP contribution in [0.3, 0.4) is 0 Å². The van der Waals surface area contributed by atoms with E-state index in [-0.39, 0.29) is 0 Å². The lowest BCUT2D eigenvalue weighted by Crippen LogP contribution is -2.11. The maximum absolute atomic E-state index is 4.27. The second-order valence-electron chi connectivity index (χ2n) is 4.36. The summed E-state index contributed by atoms with van der Waals surface area (Å²) in [5.74, 6) is 1.87. The molecular formula is C11H21N3. The average molecular weight is 195 g/mol. The van der Waals surface area contributed by atoms with Crippen molar-refractivity contribution in [1.82, 2.24) is 9.78 Å². The molecule has 0 aliphatic heterocycles. The van der Waals surface area contributed by atoms with Gasteiger partial charge in [0.15, 0.2) is 0 Å². The molecule has 14 heavy (non-hydrogen) atoms. The zero-order chi connectivity index (χ0) is 10.6. The van der Waals surface area contributed by atoms with Gasteiger partial charge in [-0.25, -0.2) is 4.68 Å². The van der Waals surface area contributed by atoms with Crippen molar-refractivity contribution in [2.45, 2.75) is 40.2 Å². The van der Waals surface area contributed by atoms with Gasteiger partial charge < -0.3 is 5.32 Å². The molecule has 0 atom stereocenters. The first-order chi connectivity index (χ1) is 6.61. The van der Waals surface area contributed by atoms with Crippen molar-refractivity contribution in [3.8, 4) is 0 Å². The van der Waals surface area contributed by atoms with Crippen LogP contribution in [0, 0.1) is 5.92 Å². The molecule has 80 valence electrons. The molecule has 0 spiro atoms. The Morgan fingerprint density at radius 2 is 2.07 bits per heavy atom. The van der Waals surface area contributed by atoms with E-state index in [1.165, 1.54) is 6.42 Å². The Kier molecular flexibility index (Phi) is 3.98. The zero-order valence-electron chi connectivity index (χ0n) is 9.62. The van der Waals surface area contributed by atoms with Gasteiger partial charge in [-0.1, -0.05) is 13.8 Å². The van der Waals surface area contributed by atoms with E-state index in [4.69, 9.17) is 0 Å². The van der Waals surface area contributed by atoms with Crippen molar-refractivity contribution in [2.24, 2.45) is 5.92 Å². The Bertz CT molecular complexity index is 263. The highest BCUT2D eigenvalue weighted by atomic mass is 15.3. The molecule has 0 aliphatic carbocycles. The molecular weight excluding hydrogens is 174 g/mol. The van der Waals surface area contributed by atoms with Gasteiger partial charge in [-0.05, 0) is 26.2 Å². The van der Waals surface area contributed by atoms with Crippen LogP contribution in [0.1, 0.15) is 40.2 Å². The smallest absolute Gasteiger partial charge is 0.124 e. The summed E-state index contributed by atoms with van der Waals surface area (Å²) in [5.41, 5.74) is 0. The van der Waals surface area contributed by atoms with E-state index in [1.807, 2.05) is 16.9 Å². The summed E-state index contributed by atoms with van der Waals surface area (Å²) >= 11 is 0. The van der Waals surface area contributed by atoms with E-state index in [1.54, 1.807) is 0 Å². The van der Waals surface area contributed by atoms with Crippen LogP contribution in [-0.4, -0.2) is 16.3 Å². The number of hydrogen-bond donors (Lipinski definition) is 1. The summed E-state index contributed by atoms with van der Waals surface area (Å²) in [6.07, 6.45) is 3.04. The van der Waals surface area contributed by atoms with Gasteiger partial charge in [-0.15, -0.1) is 0 Å². The number of nitrogens with one attached hydrogen (secondary N) is 1. The van der Waals surface area contributed by atoms with Crippen molar-refractivity contribution >= 4 is 5.82 Å². The molecule has 1 N–H and O–H groups in total. The molecule has 3 nitrogen and oxygen atoms in total. The first-order valence-corrected chi connectivity index (χ1v) is 5.38. The van der Waals surface area contributed by atoms with Gasteiger partial charge in [0.25, 0.3) is 0 Å². The average Bonchev–Trinajstić information content (AvgIpc) is 2.51. The molecule has 1 aromatic heterocycles. The van der Waals surface area contributed by atoms with Crippen LogP contribution in [0.2, 0.25) is 0 Å². The molecule has 0 fully saturated rings. The van der Waals surface area contributed by atoms with Crippen LogP contribution in [0.15, 0.2) is 12.3 Å². The van der Waals surface area contributed by atoms with E-state index in [2.05, 4.69) is 38.1 Å². The topological polar surface area (TPSA) is 29.9 Å². The van der Waals surface area contributed by atoms with Crippen LogP contribution in [0.25, 0.3) is 0 Å². The van der Waals surface area contributed by atoms with Gasteiger partial charge in [0.05, 0.1) is 6.20 Å². The van der Waals surface area contributed by atoms with Crippen molar-refractivity contribution in [3.63, 3.8) is 0 Å². The second-order valence-corrected chi connectivity index (χ2v) is 4.36. The van der Waals surface area contributed by atoms with Crippen molar-refractivity contribution in [3.05, 3.63) is 12.3 Å². The third kappa shape index (κ3) is 3.05. The molecule has 0 saturated heterocycles. The van der Waals surface area contributed by atoms with Crippen molar-refractivity contribution in [2.75, 3.05) is 11.9 Å². The third-order valence-corrected chi connectivity index (χ3v) is 2.19. The number of nitrogens with zero attached hydrogens (tertiary/aromatic N) is 2. The second kappa shape index (κ2) is 5.03. The van der Waals surface area contributed by atoms with Gasteiger partial charge in [0.1, 0.15) is 5.82 Å². The Labute approximate surface area is 86.5 Å². The quantitative estimate of drug-likeness (QED) is 0.783.